The molecule has 2 heterocycles. The van der Waals surface area contributed by atoms with Gasteiger partial charge in [-0.25, -0.2) is 9.78 Å². The molecular formula is C23H23N3O4. The zero-order valence-corrected chi connectivity index (χ0v) is 16.8. The van der Waals surface area contributed by atoms with Gasteiger partial charge in [0.1, 0.15) is 11.2 Å². The van der Waals surface area contributed by atoms with Gasteiger partial charge in [0.05, 0.1) is 18.1 Å². The van der Waals surface area contributed by atoms with Crippen molar-refractivity contribution in [2.75, 3.05) is 7.11 Å². The summed E-state index contributed by atoms with van der Waals surface area (Å²) >= 11 is 0. The third-order valence-electron chi connectivity index (χ3n) is 6.14. The van der Waals surface area contributed by atoms with Gasteiger partial charge >= 0.3 is 5.97 Å². The van der Waals surface area contributed by atoms with E-state index in [9.17, 15) is 9.59 Å². The Bertz CT molecular complexity index is 1110. The van der Waals surface area contributed by atoms with E-state index in [4.69, 9.17) is 9.26 Å². The van der Waals surface area contributed by atoms with E-state index < -0.39 is 11.5 Å². The lowest BCUT2D eigenvalue weighted by molar-refractivity contribution is -0.148. The number of pyridine rings is 1. The van der Waals surface area contributed by atoms with E-state index in [0.29, 0.717) is 41.1 Å². The summed E-state index contributed by atoms with van der Waals surface area (Å²) in [7, 11) is 1.36. The van der Waals surface area contributed by atoms with Gasteiger partial charge in [-0.05, 0) is 31.7 Å². The van der Waals surface area contributed by atoms with Gasteiger partial charge in [0.25, 0.3) is 11.6 Å². The average Bonchev–Trinajstić information content (AvgIpc) is 3.37. The van der Waals surface area contributed by atoms with Crippen LogP contribution in [0, 0.1) is 0 Å². The molecule has 0 bridgehead atoms. The maximum absolute atomic E-state index is 13.5. The highest BCUT2D eigenvalue weighted by atomic mass is 16.5. The normalized spacial score (nSPS) is 17.8. The Morgan fingerprint density at radius 1 is 1.17 bits per heavy atom. The smallest absolute Gasteiger partial charge is 0.331 e. The van der Waals surface area contributed by atoms with Gasteiger partial charge in [0.2, 0.25) is 0 Å². The van der Waals surface area contributed by atoms with Crippen molar-refractivity contribution in [3.63, 3.8) is 0 Å². The van der Waals surface area contributed by atoms with E-state index in [0.717, 1.165) is 36.9 Å². The highest BCUT2D eigenvalue weighted by Gasteiger charge is 2.44. The van der Waals surface area contributed by atoms with Gasteiger partial charge in [-0.15, -0.1) is 0 Å². The Morgan fingerprint density at radius 2 is 1.90 bits per heavy atom. The van der Waals surface area contributed by atoms with Crippen LogP contribution in [0.5, 0.6) is 0 Å². The van der Waals surface area contributed by atoms with Gasteiger partial charge in [-0.3, -0.25) is 4.79 Å². The van der Waals surface area contributed by atoms with Crippen LogP contribution in [-0.4, -0.2) is 34.7 Å². The fourth-order valence-electron chi connectivity index (χ4n) is 4.37. The van der Waals surface area contributed by atoms with Crippen molar-refractivity contribution in [2.45, 2.75) is 50.0 Å². The number of nitrogens with zero attached hydrogens (tertiary/aromatic N) is 2. The molecule has 1 aromatic carbocycles. The highest BCUT2D eigenvalue weighted by Crippen LogP contribution is 2.41. The molecule has 0 unspecified atom stereocenters. The molecule has 7 nitrogen and oxygen atoms in total. The Kier molecular flexibility index (Phi) is 4.53. The second-order valence-electron chi connectivity index (χ2n) is 8.18. The molecule has 2 aliphatic rings. The minimum Gasteiger partial charge on any atom is -0.467 e. The first-order chi connectivity index (χ1) is 14.6. The molecule has 0 aliphatic heterocycles. The standard InChI is InChI=1S/C23H23N3O4/c1-29-22(28)23(11-5-6-12-23)25-20(27)16-13-17(14-9-10-14)24-21-18(16)19(26-30-21)15-7-3-2-4-8-15/h2-4,7-8,13-14H,5-6,9-12H2,1H3,(H,25,27). The fourth-order valence-corrected chi connectivity index (χ4v) is 4.37. The number of aromatic nitrogens is 2. The second kappa shape index (κ2) is 7.23. The quantitative estimate of drug-likeness (QED) is 0.645. The molecule has 1 amide bonds. The number of benzene rings is 1. The molecule has 0 saturated heterocycles. The Morgan fingerprint density at radius 3 is 2.57 bits per heavy atom. The molecule has 0 spiro atoms. The van der Waals surface area contributed by atoms with Crippen LogP contribution in [0.3, 0.4) is 0 Å². The number of esters is 1. The molecule has 7 heteroatoms. The first-order valence-electron chi connectivity index (χ1n) is 10.4. The lowest BCUT2D eigenvalue weighted by atomic mass is 9.96. The summed E-state index contributed by atoms with van der Waals surface area (Å²) in [5, 5.41) is 7.79. The van der Waals surface area contributed by atoms with Crippen molar-refractivity contribution < 1.29 is 18.8 Å². The first-order valence-corrected chi connectivity index (χ1v) is 10.4. The maximum Gasteiger partial charge on any atom is 0.331 e. The molecular weight excluding hydrogens is 382 g/mol. The highest BCUT2D eigenvalue weighted by molar-refractivity contribution is 6.10. The number of ether oxygens (including phenoxy) is 1. The Hall–Kier alpha value is -3.22. The van der Waals surface area contributed by atoms with Crippen molar-refractivity contribution in [1.82, 2.24) is 15.5 Å². The molecule has 5 rings (SSSR count). The van der Waals surface area contributed by atoms with E-state index in [1.165, 1.54) is 7.11 Å². The lowest BCUT2D eigenvalue weighted by Crippen LogP contribution is -2.53. The molecule has 2 aromatic heterocycles. The van der Waals surface area contributed by atoms with Crippen LogP contribution < -0.4 is 5.32 Å². The summed E-state index contributed by atoms with van der Waals surface area (Å²) in [5.41, 5.74) is 2.06. The molecule has 3 aromatic rings. The molecule has 154 valence electrons. The number of amides is 1. The minimum atomic E-state index is -0.981. The van der Waals surface area contributed by atoms with Crippen LogP contribution in [0.25, 0.3) is 22.4 Å². The molecule has 1 N–H and O–H groups in total. The van der Waals surface area contributed by atoms with Gasteiger partial charge < -0.3 is 14.6 Å². The molecule has 2 fully saturated rings. The number of hydrogen-bond acceptors (Lipinski definition) is 6. The van der Waals surface area contributed by atoms with Crippen molar-refractivity contribution in [3.8, 4) is 11.3 Å². The van der Waals surface area contributed by atoms with Crippen LogP contribution in [-0.2, 0) is 9.53 Å². The third kappa shape index (κ3) is 3.14. The van der Waals surface area contributed by atoms with Crippen molar-refractivity contribution >= 4 is 23.0 Å². The van der Waals surface area contributed by atoms with Crippen molar-refractivity contribution in [3.05, 3.63) is 47.7 Å². The fraction of sp³-hybridized carbons (Fsp3) is 0.391. The second-order valence-corrected chi connectivity index (χ2v) is 8.18. The third-order valence-corrected chi connectivity index (χ3v) is 6.14. The van der Waals surface area contributed by atoms with Gasteiger partial charge in [0, 0.05) is 17.2 Å². The summed E-state index contributed by atoms with van der Waals surface area (Å²) in [6.07, 6.45) is 4.99. The van der Waals surface area contributed by atoms with E-state index >= 15 is 0 Å². The van der Waals surface area contributed by atoms with Gasteiger partial charge in [0.15, 0.2) is 0 Å². The molecule has 30 heavy (non-hydrogen) atoms. The van der Waals surface area contributed by atoms with Crippen LogP contribution in [0.2, 0.25) is 0 Å². The summed E-state index contributed by atoms with van der Waals surface area (Å²) in [6.45, 7) is 0. The van der Waals surface area contributed by atoms with E-state index in [1.54, 1.807) is 0 Å². The SMILES string of the molecule is COC(=O)C1(NC(=O)c2cc(C3CC3)nc3onc(-c4ccccc4)c23)CCCC1. The van der Waals surface area contributed by atoms with Crippen molar-refractivity contribution in [2.24, 2.45) is 0 Å². The summed E-state index contributed by atoms with van der Waals surface area (Å²) in [4.78, 5) is 30.6. The first kappa shape index (κ1) is 18.8. The summed E-state index contributed by atoms with van der Waals surface area (Å²) in [6, 6.07) is 11.4. The molecule has 0 atom stereocenters. The van der Waals surface area contributed by atoms with E-state index in [2.05, 4.69) is 15.5 Å². The number of carbonyl (C=O) groups excluding carboxylic acids is 2. The zero-order chi connectivity index (χ0) is 20.7. The van der Waals surface area contributed by atoms with Crippen LogP contribution in [0.4, 0.5) is 0 Å². The monoisotopic (exact) mass is 405 g/mol. The van der Waals surface area contributed by atoms with Gasteiger partial charge in [-0.1, -0.05) is 48.3 Å². The minimum absolute atomic E-state index is 0.322. The number of hydrogen-bond donors (Lipinski definition) is 1. The summed E-state index contributed by atoms with van der Waals surface area (Å²) in [5.74, 6) is -0.376. The maximum atomic E-state index is 13.5. The number of carbonyl (C=O) groups is 2. The van der Waals surface area contributed by atoms with Crippen LogP contribution in [0.15, 0.2) is 40.9 Å². The number of fused-ring (bicyclic) bond motifs is 1. The van der Waals surface area contributed by atoms with E-state index in [1.807, 2.05) is 36.4 Å². The Balaban J connectivity index is 1.62. The molecule has 0 radical (unpaired) electrons. The average molecular weight is 405 g/mol. The number of nitrogens with one attached hydrogen (secondary N) is 1. The van der Waals surface area contributed by atoms with Crippen molar-refractivity contribution in [1.29, 1.82) is 0 Å². The lowest BCUT2D eigenvalue weighted by Gasteiger charge is -2.27. The predicted molar refractivity (Wildman–Crippen MR) is 110 cm³/mol. The molecule has 2 aliphatic carbocycles. The largest absolute Gasteiger partial charge is 0.467 e. The zero-order valence-electron chi connectivity index (χ0n) is 16.8. The topological polar surface area (TPSA) is 94.3 Å². The molecule has 2 saturated carbocycles. The Labute approximate surface area is 173 Å². The van der Waals surface area contributed by atoms with Gasteiger partial charge in [-0.2, -0.15) is 0 Å². The summed E-state index contributed by atoms with van der Waals surface area (Å²) < 4.78 is 10.6. The number of methoxy groups -OCH3 is 1. The number of rotatable bonds is 5. The van der Waals surface area contributed by atoms with Crippen LogP contribution >= 0.6 is 0 Å². The van der Waals surface area contributed by atoms with E-state index in [-0.39, 0.29) is 5.91 Å². The van der Waals surface area contributed by atoms with Crippen LogP contribution in [0.1, 0.15) is 60.5 Å². The predicted octanol–water partition coefficient (Wildman–Crippen LogP) is 3.98.